The number of carbonyl (C=O) groups is 2. The summed E-state index contributed by atoms with van der Waals surface area (Å²) in [6.07, 6.45) is 2.90. The second-order valence-electron chi connectivity index (χ2n) is 5.31. The summed E-state index contributed by atoms with van der Waals surface area (Å²) in [7, 11) is 0. The van der Waals surface area contributed by atoms with E-state index in [1.54, 1.807) is 6.20 Å². The topological polar surface area (TPSA) is 91.3 Å². The molecule has 1 atom stereocenters. The van der Waals surface area contributed by atoms with Gasteiger partial charge in [-0.3, -0.25) is 4.98 Å². The quantitative estimate of drug-likeness (QED) is 0.716. The van der Waals surface area contributed by atoms with Crippen molar-refractivity contribution in [2.75, 3.05) is 0 Å². The maximum Gasteiger partial charge on any atom is 0.326 e. The van der Waals surface area contributed by atoms with Crippen LogP contribution in [0.25, 0.3) is 0 Å². The predicted octanol–water partition coefficient (Wildman–Crippen LogP) is 1.94. The van der Waals surface area contributed by atoms with Gasteiger partial charge in [0.05, 0.1) is 12.2 Å². The van der Waals surface area contributed by atoms with E-state index in [-0.39, 0.29) is 12.5 Å². The summed E-state index contributed by atoms with van der Waals surface area (Å²) in [5.74, 6) is -0.834. The molecule has 0 spiro atoms. The molecule has 0 radical (unpaired) electrons. The molecule has 0 saturated heterocycles. The maximum atomic E-state index is 11.8. The molecule has 0 saturated carbocycles. The number of aliphatic carboxylic acids is 1. The summed E-state index contributed by atoms with van der Waals surface area (Å²) in [5, 5.41) is 14.2. The molecule has 1 aromatic rings. The van der Waals surface area contributed by atoms with E-state index in [0.29, 0.717) is 6.42 Å². The van der Waals surface area contributed by atoms with Gasteiger partial charge in [0.2, 0.25) is 0 Å². The van der Waals surface area contributed by atoms with Crippen LogP contribution >= 0.6 is 0 Å². The van der Waals surface area contributed by atoms with Crippen molar-refractivity contribution in [2.45, 2.75) is 46.2 Å². The summed E-state index contributed by atoms with van der Waals surface area (Å²) in [5.41, 5.74) is 1.86. The Morgan fingerprint density at radius 1 is 1.38 bits per heavy atom. The van der Waals surface area contributed by atoms with Gasteiger partial charge >= 0.3 is 12.0 Å². The predicted molar refractivity (Wildman–Crippen MR) is 79.9 cm³/mol. The van der Waals surface area contributed by atoms with Gasteiger partial charge in [-0.15, -0.1) is 0 Å². The summed E-state index contributed by atoms with van der Waals surface area (Å²) >= 11 is 0. The summed E-state index contributed by atoms with van der Waals surface area (Å²) < 4.78 is 0. The molecule has 116 valence electrons. The van der Waals surface area contributed by atoms with Crippen molar-refractivity contribution < 1.29 is 14.7 Å². The Hall–Kier alpha value is -2.11. The van der Waals surface area contributed by atoms with Crippen molar-refractivity contribution in [1.82, 2.24) is 15.6 Å². The Labute approximate surface area is 125 Å². The summed E-state index contributed by atoms with van der Waals surface area (Å²) in [4.78, 5) is 27.1. The minimum Gasteiger partial charge on any atom is -0.480 e. The zero-order valence-corrected chi connectivity index (χ0v) is 12.7. The van der Waals surface area contributed by atoms with Gasteiger partial charge in [-0.05, 0) is 30.4 Å². The van der Waals surface area contributed by atoms with E-state index < -0.39 is 18.0 Å². The molecule has 0 fully saturated rings. The summed E-state index contributed by atoms with van der Waals surface area (Å²) in [6.45, 7) is 6.13. The largest absolute Gasteiger partial charge is 0.480 e. The molecule has 0 bridgehead atoms. The van der Waals surface area contributed by atoms with Crippen molar-refractivity contribution in [1.29, 1.82) is 0 Å². The van der Waals surface area contributed by atoms with Gasteiger partial charge in [-0.25, -0.2) is 9.59 Å². The molecule has 0 aliphatic rings. The molecule has 2 amide bonds. The van der Waals surface area contributed by atoms with Crippen LogP contribution in [0.15, 0.2) is 18.3 Å². The third-order valence-electron chi connectivity index (χ3n) is 3.09. The number of pyridine rings is 1. The highest BCUT2D eigenvalue weighted by Gasteiger charge is 2.20. The molecular formula is C15H23N3O3. The smallest absolute Gasteiger partial charge is 0.326 e. The molecule has 1 rings (SSSR count). The molecule has 1 unspecified atom stereocenters. The minimum atomic E-state index is -1.02. The highest BCUT2D eigenvalue weighted by atomic mass is 16.4. The number of carboxylic acids is 1. The Morgan fingerprint density at radius 2 is 2.10 bits per heavy atom. The van der Waals surface area contributed by atoms with Gasteiger partial charge in [-0.2, -0.15) is 0 Å². The Balaban J connectivity index is 2.54. The lowest BCUT2D eigenvalue weighted by molar-refractivity contribution is -0.139. The van der Waals surface area contributed by atoms with Gasteiger partial charge in [0, 0.05) is 6.20 Å². The monoisotopic (exact) mass is 293 g/mol. The van der Waals surface area contributed by atoms with Gasteiger partial charge in [0.1, 0.15) is 6.04 Å². The Kier molecular flexibility index (Phi) is 6.65. The number of nitrogens with one attached hydrogen (secondary N) is 2. The van der Waals surface area contributed by atoms with E-state index >= 15 is 0 Å². The van der Waals surface area contributed by atoms with Crippen LogP contribution in [-0.2, 0) is 17.8 Å². The van der Waals surface area contributed by atoms with Crippen molar-refractivity contribution in [3.05, 3.63) is 29.6 Å². The fourth-order valence-electron chi connectivity index (χ4n) is 2.02. The molecule has 21 heavy (non-hydrogen) atoms. The maximum absolute atomic E-state index is 11.8. The number of rotatable bonds is 7. The number of hydrogen-bond donors (Lipinski definition) is 3. The zero-order chi connectivity index (χ0) is 15.8. The number of urea groups is 1. The van der Waals surface area contributed by atoms with Crippen LogP contribution in [0.2, 0.25) is 0 Å². The molecule has 0 aromatic carbocycles. The first kappa shape index (κ1) is 16.9. The first-order valence-electron chi connectivity index (χ1n) is 7.14. The molecule has 1 aromatic heterocycles. The second kappa shape index (κ2) is 8.24. The molecule has 0 aliphatic heterocycles. The van der Waals surface area contributed by atoms with Gasteiger partial charge < -0.3 is 15.7 Å². The van der Waals surface area contributed by atoms with Crippen molar-refractivity contribution in [3.8, 4) is 0 Å². The fraction of sp³-hybridized carbons (Fsp3) is 0.533. The van der Waals surface area contributed by atoms with Crippen LogP contribution in [-0.4, -0.2) is 28.1 Å². The Bertz CT molecular complexity index is 489. The molecule has 3 N–H and O–H groups in total. The molecule has 6 nitrogen and oxygen atoms in total. The number of hydrogen-bond acceptors (Lipinski definition) is 3. The molecule has 1 heterocycles. The van der Waals surface area contributed by atoms with Crippen LogP contribution in [0.3, 0.4) is 0 Å². The number of carbonyl (C=O) groups excluding carboxylic acids is 1. The van der Waals surface area contributed by atoms with Crippen molar-refractivity contribution >= 4 is 12.0 Å². The van der Waals surface area contributed by atoms with E-state index in [1.807, 2.05) is 32.9 Å². The van der Waals surface area contributed by atoms with E-state index in [4.69, 9.17) is 5.11 Å². The van der Waals surface area contributed by atoms with Crippen LogP contribution in [0.1, 0.15) is 38.4 Å². The molecular weight excluding hydrogens is 270 g/mol. The zero-order valence-electron chi connectivity index (χ0n) is 12.7. The minimum absolute atomic E-state index is 0.189. The van der Waals surface area contributed by atoms with Crippen LogP contribution in [0, 0.1) is 5.92 Å². The highest BCUT2D eigenvalue weighted by molar-refractivity contribution is 5.82. The number of aryl methyl sites for hydroxylation is 1. The normalized spacial score (nSPS) is 12.0. The molecule has 0 aliphatic carbocycles. The number of nitrogens with zero attached hydrogens (tertiary/aromatic N) is 1. The number of carboxylic acid groups (broad SMARTS) is 1. The number of aromatic nitrogens is 1. The van der Waals surface area contributed by atoms with Crippen molar-refractivity contribution in [3.63, 3.8) is 0 Å². The SMILES string of the molecule is CCc1cccnc1CNC(=O)NC(CC(C)C)C(=O)O. The van der Waals surface area contributed by atoms with Crippen molar-refractivity contribution in [2.24, 2.45) is 5.92 Å². The third kappa shape index (κ3) is 5.81. The van der Waals surface area contributed by atoms with E-state index in [1.165, 1.54) is 0 Å². The Morgan fingerprint density at radius 3 is 2.67 bits per heavy atom. The highest BCUT2D eigenvalue weighted by Crippen LogP contribution is 2.06. The van der Waals surface area contributed by atoms with Gasteiger partial charge in [-0.1, -0.05) is 26.8 Å². The van der Waals surface area contributed by atoms with Crippen LogP contribution in [0.4, 0.5) is 4.79 Å². The molecule has 6 heteroatoms. The van der Waals surface area contributed by atoms with Gasteiger partial charge in [0.15, 0.2) is 0 Å². The average Bonchev–Trinajstić information content (AvgIpc) is 2.44. The number of amides is 2. The van der Waals surface area contributed by atoms with Crippen LogP contribution in [0.5, 0.6) is 0 Å². The lowest BCUT2D eigenvalue weighted by Gasteiger charge is -2.17. The van der Waals surface area contributed by atoms with E-state index in [0.717, 1.165) is 17.7 Å². The lowest BCUT2D eigenvalue weighted by Crippen LogP contribution is -2.46. The average molecular weight is 293 g/mol. The van der Waals surface area contributed by atoms with Gasteiger partial charge in [0.25, 0.3) is 0 Å². The first-order chi connectivity index (χ1) is 9.93. The third-order valence-corrected chi connectivity index (χ3v) is 3.09. The van der Waals surface area contributed by atoms with E-state index in [9.17, 15) is 9.59 Å². The standard InChI is InChI=1S/C15H23N3O3/c1-4-11-6-5-7-16-13(11)9-17-15(21)18-12(14(19)20)8-10(2)3/h5-7,10,12H,4,8-9H2,1-3H3,(H,19,20)(H2,17,18,21). The lowest BCUT2D eigenvalue weighted by atomic mass is 10.0. The van der Waals surface area contributed by atoms with E-state index in [2.05, 4.69) is 15.6 Å². The second-order valence-corrected chi connectivity index (χ2v) is 5.31. The van der Waals surface area contributed by atoms with Crippen LogP contribution < -0.4 is 10.6 Å². The summed E-state index contributed by atoms with van der Waals surface area (Å²) in [6, 6.07) is 2.45. The first-order valence-corrected chi connectivity index (χ1v) is 7.14. The fourth-order valence-corrected chi connectivity index (χ4v) is 2.02.